The van der Waals surface area contributed by atoms with Crippen LogP contribution in [0, 0.1) is 6.92 Å². The zero-order valence-corrected chi connectivity index (χ0v) is 14.9. The van der Waals surface area contributed by atoms with Crippen molar-refractivity contribution >= 4 is 12.0 Å². The molecule has 0 unspecified atom stereocenters. The number of piperidine rings is 1. The maximum absolute atomic E-state index is 12.2. The molecule has 0 aromatic carbocycles. The van der Waals surface area contributed by atoms with Crippen molar-refractivity contribution in [1.29, 1.82) is 0 Å². The normalized spacial score (nSPS) is 21.9. The Labute approximate surface area is 145 Å². The fourth-order valence-electron chi connectivity index (χ4n) is 4.19. The Bertz CT molecular complexity index is 564. The molecule has 24 heavy (non-hydrogen) atoms. The highest BCUT2D eigenvalue weighted by molar-refractivity contribution is 5.91. The summed E-state index contributed by atoms with van der Waals surface area (Å²) in [4.78, 5) is 14.9. The van der Waals surface area contributed by atoms with Gasteiger partial charge in [-0.15, -0.1) is 0 Å². The zero-order valence-electron chi connectivity index (χ0n) is 14.9. The van der Waals surface area contributed by atoms with Gasteiger partial charge >= 0.3 is 0 Å². The number of furan rings is 1. The highest BCUT2D eigenvalue weighted by atomic mass is 16.3. The summed E-state index contributed by atoms with van der Waals surface area (Å²) in [6.45, 7) is 5.06. The lowest BCUT2D eigenvalue weighted by molar-refractivity contribution is -0.117. The SMILES string of the molecule is Cc1ccc(C=CC(=O)NCC2(N3CCCCC3)CCCCC2)o1. The molecule has 2 fully saturated rings. The number of hydrogen-bond acceptors (Lipinski definition) is 3. The predicted molar refractivity (Wildman–Crippen MR) is 96.7 cm³/mol. The van der Waals surface area contributed by atoms with Crippen LogP contribution in [0.5, 0.6) is 0 Å². The van der Waals surface area contributed by atoms with Crippen molar-refractivity contribution in [3.8, 4) is 0 Å². The molecule has 4 heteroatoms. The van der Waals surface area contributed by atoms with Crippen molar-refractivity contribution < 1.29 is 9.21 Å². The summed E-state index contributed by atoms with van der Waals surface area (Å²) in [5, 5.41) is 3.16. The third-order valence-electron chi connectivity index (χ3n) is 5.56. The van der Waals surface area contributed by atoms with Crippen LogP contribution in [-0.4, -0.2) is 36.0 Å². The van der Waals surface area contributed by atoms with Gasteiger partial charge in [0.2, 0.25) is 5.91 Å². The molecule has 4 nitrogen and oxygen atoms in total. The van der Waals surface area contributed by atoms with Crippen molar-refractivity contribution in [2.45, 2.75) is 63.8 Å². The van der Waals surface area contributed by atoms with E-state index in [9.17, 15) is 4.79 Å². The zero-order chi connectivity index (χ0) is 16.8. The standard InChI is InChI=1S/C20H30N2O2/c1-17-8-9-18(24-17)10-11-19(23)21-16-20(12-4-2-5-13-20)22-14-6-3-7-15-22/h8-11H,2-7,12-16H2,1H3,(H,21,23). The first-order valence-corrected chi connectivity index (χ1v) is 9.45. The average Bonchev–Trinajstić information content (AvgIpc) is 3.05. The number of amides is 1. The fourth-order valence-corrected chi connectivity index (χ4v) is 4.19. The Kier molecular flexibility index (Phi) is 5.77. The van der Waals surface area contributed by atoms with Gasteiger partial charge < -0.3 is 9.73 Å². The number of carbonyl (C=O) groups is 1. The molecule has 1 saturated carbocycles. The molecule has 0 radical (unpaired) electrons. The van der Waals surface area contributed by atoms with Gasteiger partial charge in [-0.3, -0.25) is 9.69 Å². The van der Waals surface area contributed by atoms with Crippen LogP contribution in [0.25, 0.3) is 6.08 Å². The quantitative estimate of drug-likeness (QED) is 0.833. The summed E-state index contributed by atoms with van der Waals surface area (Å²) in [5.41, 5.74) is 0.184. The number of likely N-dealkylation sites (tertiary alicyclic amines) is 1. The molecule has 132 valence electrons. The fraction of sp³-hybridized carbons (Fsp3) is 0.650. The molecule has 1 aromatic heterocycles. The van der Waals surface area contributed by atoms with Crippen LogP contribution in [0.2, 0.25) is 0 Å². The minimum Gasteiger partial charge on any atom is -0.462 e. The minimum absolute atomic E-state index is 0.0222. The van der Waals surface area contributed by atoms with Gasteiger partial charge in [-0.05, 0) is 63.9 Å². The Balaban J connectivity index is 1.58. The molecule has 0 spiro atoms. The van der Waals surface area contributed by atoms with Gasteiger partial charge in [0.15, 0.2) is 0 Å². The Morgan fingerprint density at radius 1 is 1.17 bits per heavy atom. The lowest BCUT2D eigenvalue weighted by Crippen LogP contribution is -2.58. The van der Waals surface area contributed by atoms with E-state index in [-0.39, 0.29) is 11.4 Å². The topological polar surface area (TPSA) is 45.5 Å². The molecule has 1 saturated heterocycles. The van der Waals surface area contributed by atoms with Gasteiger partial charge in [-0.1, -0.05) is 25.7 Å². The lowest BCUT2D eigenvalue weighted by Gasteiger charge is -2.48. The summed E-state index contributed by atoms with van der Waals surface area (Å²) in [7, 11) is 0. The molecular weight excluding hydrogens is 300 g/mol. The monoisotopic (exact) mass is 330 g/mol. The van der Waals surface area contributed by atoms with Crippen molar-refractivity contribution in [2.24, 2.45) is 0 Å². The first-order chi connectivity index (χ1) is 11.7. The maximum Gasteiger partial charge on any atom is 0.244 e. The van der Waals surface area contributed by atoms with Crippen LogP contribution in [0.4, 0.5) is 0 Å². The predicted octanol–water partition coefficient (Wildman–Crippen LogP) is 3.91. The summed E-state index contributed by atoms with van der Waals surface area (Å²) in [5.74, 6) is 1.57. The second-order valence-corrected chi connectivity index (χ2v) is 7.33. The van der Waals surface area contributed by atoms with Crippen LogP contribution in [-0.2, 0) is 4.79 Å². The number of hydrogen-bond donors (Lipinski definition) is 1. The molecule has 3 rings (SSSR count). The van der Waals surface area contributed by atoms with E-state index in [1.54, 1.807) is 12.2 Å². The molecule has 1 aliphatic carbocycles. The highest BCUT2D eigenvalue weighted by Gasteiger charge is 2.38. The molecule has 0 atom stereocenters. The van der Waals surface area contributed by atoms with E-state index in [1.807, 2.05) is 19.1 Å². The summed E-state index contributed by atoms with van der Waals surface area (Å²) in [6, 6.07) is 3.79. The Morgan fingerprint density at radius 3 is 2.54 bits per heavy atom. The third-order valence-corrected chi connectivity index (χ3v) is 5.56. The summed E-state index contributed by atoms with van der Waals surface area (Å²) >= 11 is 0. The number of nitrogens with zero attached hydrogens (tertiary/aromatic N) is 1. The molecule has 2 heterocycles. The molecular formula is C20H30N2O2. The van der Waals surface area contributed by atoms with Crippen LogP contribution < -0.4 is 5.32 Å². The van der Waals surface area contributed by atoms with Crippen molar-refractivity contribution in [3.05, 3.63) is 29.7 Å². The van der Waals surface area contributed by atoms with Crippen LogP contribution in [0.15, 0.2) is 22.6 Å². The van der Waals surface area contributed by atoms with E-state index in [4.69, 9.17) is 4.42 Å². The van der Waals surface area contributed by atoms with Crippen molar-refractivity contribution in [3.63, 3.8) is 0 Å². The second-order valence-electron chi connectivity index (χ2n) is 7.33. The van der Waals surface area contributed by atoms with Gasteiger partial charge in [-0.2, -0.15) is 0 Å². The molecule has 0 bridgehead atoms. The minimum atomic E-state index is -0.0222. The van der Waals surface area contributed by atoms with Crippen molar-refractivity contribution in [1.82, 2.24) is 10.2 Å². The first kappa shape index (κ1) is 17.3. The van der Waals surface area contributed by atoms with Crippen LogP contribution >= 0.6 is 0 Å². The van der Waals surface area contributed by atoms with E-state index in [0.29, 0.717) is 0 Å². The van der Waals surface area contributed by atoms with E-state index >= 15 is 0 Å². The summed E-state index contributed by atoms with van der Waals surface area (Å²) in [6.07, 6.45) is 13.6. The summed E-state index contributed by atoms with van der Waals surface area (Å²) < 4.78 is 5.47. The average molecular weight is 330 g/mol. The van der Waals surface area contributed by atoms with E-state index in [2.05, 4.69) is 10.2 Å². The molecule has 1 amide bonds. The second kappa shape index (κ2) is 8.02. The van der Waals surface area contributed by atoms with Gasteiger partial charge in [0.05, 0.1) is 0 Å². The number of nitrogens with one attached hydrogen (secondary N) is 1. The number of rotatable bonds is 5. The molecule has 2 aliphatic rings. The van der Waals surface area contributed by atoms with Crippen LogP contribution in [0.3, 0.4) is 0 Å². The number of carbonyl (C=O) groups excluding carboxylic acids is 1. The lowest BCUT2D eigenvalue weighted by atomic mass is 9.79. The Hall–Kier alpha value is -1.55. The first-order valence-electron chi connectivity index (χ1n) is 9.45. The third kappa shape index (κ3) is 4.29. The molecule has 1 aliphatic heterocycles. The smallest absolute Gasteiger partial charge is 0.244 e. The van der Waals surface area contributed by atoms with Gasteiger partial charge in [0.1, 0.15) is 11.5 Å². The highest BCUT2D eigenvalue weighted by Crippen LogP contribution is 2.35. The van der Waals surface area contributed by atoms with Crippen molar-refractivity contribution in [2.75, 3.05) is 19.6 Å². The van der Waals surface area contributed by atoms with E-state index < -0.39 is 0 Å². The van der Waals surface area contributed by atoms with Gasteiger partial charge in [0, 0.05) is 18.2 Å². The van der Waals surface area contributed by atoms with Gasteiger partial charge in [-0.25, -0.2) is 0 Å². The molecule has 1 aromatic rings. The Morgan fingerprint density at radius 2 is 1.88 bits per heavy atom. The largest absolute Gasteiger partial charge is 0.462 e. The number of aryl methyl sites for hydroxylation is 1. The molecule has 1 N–H and O–H groups in total. The maximum atomic E-state index is 12.2. The van der Waals surface area contributed by atoms with Crippen LogP contribution in [0.1, 0.15) is 62.9 Å². The van der Waals surface area contributed by atoms with Gasteiger partial charge in [0.25, 0.3) is 0 Å². The van der Waals surface area contributed by atoms with E-state index in [1.165, 1.54) is 64.5 Å². The van der Waals surface area contributed by atoms with E-state index in [0.717, 1.165) is 18.1 Å².